The summed E-state index contributed by atoms with van der Waals surface area (Å²) in [4.78, 5) is 0. The van der Waals surface area contributed by atoms with Gasteiger partial charge in [0.1, 0.15) is 11.5 Å². The number of rotatable bonds is 8. The summed E-state index contributed by atoms with van der Waals surface area (Å²) in [5, 5.41) is 1.64. The number of ether oxygens (including phenoxy) is 2. The van der Waals surface area contributed by atoms with Crippen LogP contribution < -0.4 is 20.3 Å². The first-order valence-electron chi connectivity index (χ1n) is 7.75. The van der Waals surface area contributed by atoms with Crippen molar-refractivity contribution in [2.24, 2.45) is 5.84 Å². The molecule has 2 N–H and O–H groups in total. The molecule has 0 heterocycles. The molecular formula is C18H24N2O2. The molecule has 0 spiro atoms. The molecule has 0 aromatic heterocycles. The third kappa shape index (κ3) is 4.40. The van der Waals surface area contributed by atoms with Crippen LogP contribution in [0.3, 0.4) is 0 Å². The van der Waals surface area contributed by atoms with Gasteiger partial charge in [0.2, 0.25) is 0 Å². The second-order valence-corrected chi connectivity index (χ2v) is 5.06. The summed E-state index contributed by atoms with van der Waals surface area (Å²) in [5.74, 6) is 7.89. The van der Waals surface area contributed by atoms with Gasteiger partial charge in [0.15, 0.2) is 0 Å². The zero-order valence-corrected chi connectivity index (χ0v) is 13.3. The summed E-state index contributed by atoms with van der Waals surface area (Å²) in [6.07, 6.45) is 1.96. The Labute approximate surface area is 132 Å². The molecule has 0 aliphatic rings. The van der Waals surface area contributed by atoms with E-state index in [0.717, 1.165) is 35.7 Å². The number of nitrogens with zero attached hydrogens (tertiary/aromatic N) is 1. The third-order valence-corrected chi connectivity index (χ3v) is 3.14. The Kier molecular flexibility index (Phi) is 6.10. The minimum Gasteiger partial charge on any atom is -0.494 e. The quantitative estimate of drug-likeness (QED) is 0.584. The highest BCUT2D eigenvalue weighted by Crippen LogP contribution is 2.28. The van der Waals surface area contributed by atoms with Crippen LogP contribution in [-0.4, -0.2) is 13.2 Å². The SMILES string of the molecule is CCCOc1cccc(N(N)c2cccc(OCCC)c2)c1. The van der Waals surface area contributed by atoms with Crippen LogP contribution in [0, 0.1) is 0 Å². The number of hydrazine groups is 1. The monoisotopic (exact) mass is 300 g/mol. The van der Waals surface area contributed by atoms with Crippen molar-refractivity contribution in [3.8, 4) is 11.5 Å². The van der Waals surface area contributed by atoms with Crippen LogP contribution in [0.1, 0.15) is 26.7 Å². The minimum absolute atomic E-state index is 0.703. The largest absolute Gasteiger partial charge is 0.494 e. The molecular weight excluding hydrogens is 276 g/mol. The second kappa shape index (κ2) is 8.29. The Morgan fingerprint density at radius 3 is 1.68 bits per heavy atom. The van der Waals surface area contributed by atoms with Crippen LogP contribution in [-0.2, 0) is 0 Å². The number of anilines is 2. The molecule has 0 atom stereocenters. The number of benzene rings is 2. The summed E-state index contributed by atoms with van der Waals surface area (Å²) >= 11 is 0. The lowest BCUT2D eigenvalue weighted by molar-refractivity contribution is 0.317. The van der Waals surface area contributed by atoms with Crippen molar-refractivity contribution in [3.63, 3.8) is 0 Å². The number of hydrogen-bond donors (Lipinski definition) is 1. The van der Waals surface area contributed by atoms with Gasteiger partial charge in [-0.25, -0.2) is 5.84 Å². The van der Waals surface area contributed by atoms with Gasteiger partial charge in [-0.15, -0.1) is 0 Å². The molecule has 2 aromatic carbocycles. The van der Waals surface area contributed by atoms with Crippen molar-refractivity contribution < 1.29 is 9.47 Å². The maximum atomic E-state index is 6.23. The fraction of sp³-hybridized carbons (Fsp3) is 0.333. The number of nitrogens with two attached hydrogens (primary N) is 1. The Hall–Kier alpha value is -2.20. The summed E-state index contributed by atoms with van der Waals surface area (Å²) in [5.41, 5.74) is 1.75. The van der Waals surface area contributed by atoms with Crippen molar-refractivity contribution in [3.05, 3.63) is 48.5 Å². The Balaban J connectivity index is 2.14. The number of hydrogen-bond acceptors (Lipinski definition) is 4. The topological polar surface area (TPSA) is 47.7 Å². The summed E-state index contributed by atoms with van der Waals surface area (Å²) in [6, 6.07) is 15.6. The van der Waals surface area contributed by atoms with Crippen LogP contribution in [0.2, 0.25) is 0 Å². The van der Waals surface area contributed by atoms with Crippen LogP contribution in [0.4, 0.5) is 11.4 Å². The lowest BCUT2D eigenvalue weighted by Gasteiger charge is -2.20. The van der Waals surface area contributed by atoms with Gasteiger partial charge in [0.05, 0.1) is 24.6 Å². The first kappa shape index (κ1) is 16.2. The van der Waals surface area contributed by atoms with Crippen LogP contribution >= 0.6 is 0 Å². The van der Waals surface area contributed by atoms with E-state index in [4.69, 9.17) is 15.3 Å². The lowest BCUT2D eigenvalue weighted by Crippen LogP contribution is -2.24. The van der Waals surface area contributed by atoms with Crippen molar-refractivity contribution in [1.82, 2.24) is 0 Å². The maximum Gasteiger partial charge on any atom is 0.121 e. The van der Waals surface area contributed by atoms with Crippen LogP contribution in [0.5, 0.6) is 11.5 Å². The highest BCUT2D eigenvalue weighted by atomic mass is 16.5. The maximum absolute atomic E-state index is 6.23. The fourth-order valence-electron chi connectivity index (χ4n) is 2.04. The summed E-state index contributed by atoms with van der Waals surface area (Å²) < 4.78 is 11.3. The van der Waals surface area contributed by atoms with Gasteiger partial charge < -0.3 is 9.47 Å². The van der Waals surface area contributed by atoms with Crippen molar-refractivity contribution in [1.29, 1.82) is 0 Å². The first-order valence-corrected chi connectivity index (χ1v) is 7.75. The molecule has 0 saturated carbocycles. The van der Waals surface area contributed by atoms with Crippen molar-refractivity contribution >= 4 is 11.4 Å². The van der Waals surface area contributed by atoms with Gasteiger partial charge in [-0.1, -0.05) is 26.0 Å². The Morgan fingerprint density at radius 2 is 1.27 bits per heavy atom. The van der Waals surface area contributed by atoms with E-state index in [9.17, 15) is 0 Å². The first-order chi connectivity index (χ1) is 10.7. The lowest BCUT2D eigenvalue weighted by atomic mass is 10.2. The van der Waals surface area contributed by atoms with Crippen LogP contribution in [0.25, 0.3) is 0 Å². The molecule has 0 saturated heterocycles. The molecule has 0 aliphatic heterocycles. The van der Waals surface area contributed by atoms with E-state index in [0.29, 0.717) is 13.2 Å². The van der Waals surface area contributed by atoms with Crippen molar-refractivity contribution in [2.75, 3.05) is 18.2 Å². The van der Waals surface area contributed by atoms with Crippen molar-refractivity contribution in [2.45, 2.75) is 26.7 Å². The zero-order valence-electron chi connectivity index (χ0n) is 13.3. The van der Waals surface area contributed by atoms with E-state index >= 15 is 0 Å². The smallest absolute Gasteiger partial charge is 0.121 e. The summed E-state index contributed by atoms with van der Waals surface area (Å²) in [7, 11) is 0. The van der Waals surface area contributed by atoms with Gasteiger partial charge in [0, 0.05) is 12.1 Å². The molecule has 22 heavy (non-hydrogen) atoms. The van der Waals surface area contributed by atoms with E-state index in [1.165, 1.54) is 0 Å². The van der Waals surface area contributed by atoms with Gasteiger partial charge in [0.25, 0.3) is 0 Å². The highest BCUT2D eigenvalue weighted by molar-refractivity contribution is 5.64. The van der Waals surface area contributed by atoms with E-state index in [1.807, 2.05) is 48.5 Å². The predicted molar refractivity (Wildman–Crippen MR) is 90.8 cm³/mol. The molecule has 0 bridgehead atoms. The van der Waals surface area contributed by atoms with E-state index in [-0.39, 0.29) is 0 Å². The molecule has 0 fully saturated rings. The average molecular weight is 300 g/mol. The summed E-state index contributed by atoms with van der Waals surface area (Å²) in [6.45, 7) is 5.57. The van der Waals surface area contributed by atoms with E-state index < -0.39 is 0 Å². The van der Waals surface area contributed by atoms with Gasteiger partial charge in [-0.3, -0.25) is 5.01 Å². The third-order valence-electron chi connectivity index (χ3n) is 3.14. The fourth-order valence-corrected chi connectivity index (χ4v) is 2.04. The molecule has 118 valence electrons. The van der Waals surface area contributed by atoms with E-state index in [2.05, 4.69) is 13.8 Å². The molecule has 0 amide bonds. The average Bonchev–Trinajstić information content (AvgIpc) is 2.58. The Bertz CT molecular complexity index is 535. The molecule has 4 nitrogen and oxygen atoms in total. The molecule has 2 aromatic rings. The van der Waals surface area contributed by atoms with Crippen LogP contribution in [0.15, 0.2) is 48.5 Å². The predicted octanol–water partition coefficient (Wildman–Crippen LogP) is 4.28. The Morgan fingerprint density at radius 1 is 0.818 bits per heavy atom. The zero-order chi connectivity index (χ0) is 15.8. The van der Waals surface area contributed by atoms with Gasteiger partial charge >= 0.3 is 0 Å². The standard InChI is InChI=1S/C18H24N2O2/c1-3-11-21-17-9-5-7-15(13-17)20(19)16-8-6-10-18(14-16)22-12-4-2/h5-10,13-14H,3-4,11-12,19H2,1-2H3. The molecule has 0 aliphatic carbocycles. The van der Waals surface area contributed by atoms with Gasteiger partial charge in [-0.05, 0) is 37.1 Å². The molecule has 0 radical (unpaired) electrons. The molecule has 2 rings (SSSR count). The van der Waals surface area contributed by atoms with E-state index in [1.54, 1.807) is 5.01 Å². The second-order valence-electron chi connectivity index (χ2n) is 5.06. The molecule has 4 heteroatoms. The highest BCUT2D eigenvalue weighted by Gasteiger charge is 2.07. The minimum atomic E-state index is 0.703. The normalized spacial score (nSPS) is 10.3. The van der Waals surface area contributed by atoms with Gasteiger partial charge in [-0.2, -0.15) is 0 Å². The molecule has 0 unspecified atom stereocenters.